The minimum absolute atomic E-state index is 0.402. The molecule has 0 spiro atoms. The Morgan fingerprint density at radius 2 is 1.83 bits per heavy atom. The standard InChI is InChI=1S/C12H18N2O3S/c1-12(2,3)18(16,17)8-11(15)14-10-7-5-4-6-9(10)13/h4-7H,8,13H2,1-3H3,(H,14,15). The van der Waals surface area contributed by atoms with Gasteiger partial charge in [0, 0.05) is 0 Å². The van der Waals surface area contributed by atoms with Crippen molar-refractivity contribution in [3.63, 3.8) is 0 Å². The number of amides is 1. The molecule has 6 heteroatoms. The molecule has 0 aliphatic heterocycles. The summed E-state index contributed by atoms with van der Waals surface area (Å²) in [7, 11) is -3.48. The van der Waals surface area contributed by atoms with E-state index in [9.17, 15) is 13.2 Å². The molecule has 0 heterocycles. The van der Waals surface area contributed by atoms with Crippen LogP contribution in [0.25, 0.3) is 0 Å². The molecular weight excluding hydrogens is 252 g/mol. The number of para-hydroxylation sites is 2. The summed E-state index contributed by atoms with van der Waals surface area (Å²) in [5.74, 6) is -1.13. The largest absolute Gasteiger partial charge is 0.397 e. The lowest BCUT2D eigenvalue weighted by Gasteiger charge is -2.18. The molecule has 100 valence electrons. The van der Waals surface area contributed by atoms with Crippen LogP contribution in [0.3, 0.4) is 0 Å². The molecule has 3 N–H and O–H groups in total. The topological polar surface area (TPSA) is 89.3 Å². The molecule has 0 saturated carbocycles. The van der Waals surface area contributed by atoms with Gasteiger partial charge in [-0.25, -0.2) is 8.42 Å². The Labute approximate surface area is 107 Å². The number of carbonyl (C=O) groups excluding carboxylic acids is 1. The van der Waals surface area contributed by atoms with Gasteiger partial charge in [0.05, 0.1) is 16.1 Å². The Balaban J connectivity index is 2.78. The lowest BCUT2D eigenvalue weighted by atomic mass is 10.3. The van der Waals surface area contributed by atoms with Gasteiger partial charge in [-0.15, -0.1) is 0 Å². The van der Waals surface area contributed by atoms with Crippen molar-refractivity contribution < 1.29 is 13.2 Å². The van der Waals surface area contributed by atoms with E-state index in [1.807, 2.05) is 0 Å². The van der Waals surface area contributed by atoms with Crippen molar-refractivity contribution in [3.8, 4) is 0 Å². The van der Waals surface area contributed by atoms with E-state index in [0.29, 0.717) is 11.4 Å². The van der Waals surface area contributed by atoms with E-state index in [1.165, 1.54) is 0 Å². The molecule has 1 aromatic rings. The van der Waals surface area contributed by atoms with Gasteiger partial charge in [-0.3, -0.25) is 4.79 Å². The number of nitrogens with one attached hydrogen (secondary N) is 1. The smallest absolute Gasteiger partial charge is 0.239 e. The first-order valence-electron chi connectivity index (χ1n) is 5.50. The highest BCUT2D eigenvalue weighted by Crippen LogP contribution is 2.19. The van der Waals surface area contributed by atoms with Crippen LogP contribution in [0.2, 0.25) is 0 Å². The zero-order valence-electron chi connectivity index (χ0n) is 10.7. The molecule has 1 aromatic carbocycles. The van der Waals surface area contributed by atoms with E-state index in [1.54, 1.807) is 45.0 Å². The van der Waals surface area contributed by atoms with Crippen LogP contribution in [0.1, 0.15) is 20.8 Å². The van der Waals surface area contributed by atoms with Gasteiger partial charge in [0.25, 0.3) is 0 Å². The second kappa shape index (κ2) is 4.97. The summed E-state index contributed by atoms with van der Waals surface area (Å²) in [5.41, 5.74) is 6.48. The molecule has 0 saturated heterocycles. The van der Waals surface area contributed by atoms with E-state index < -0.39 is 26.2 Å². The Morgan fingerprint density at radius 1 is 1.28 bits per heavy atom. The first kappa shape index (κ1) is 14.5. The van der Waals surface area contributed by atoms with Crippen LogP contribution in [0.5, 0.6) is 0 Å². The molecule has 5 nitrogen and oxygen atoms in total. The number of hydrogen-bond acceptors (Lipinski definition) is 4. The predicted molar refractivity (Wildman–Crippen MR) is 73.0 cm³/mol. The number of carbonyl (C=O) groups is 1. The molecule has 0 atom stereocenters. The SMILES string of the molecule is CC(C)(C)S(=O)(=O)CC(=O)Nc1ccccc1N. The lowest BCUT2D eigenvalue weighted by molar-refractivity contribution is -0.113. The van der Waals surface area contributed by atoms with Crippen LogP contribution in [0, 0.1) is 0 Å². The van der Waals surface area contributed by atoms with E-state index in [-0.39, 0.29) is 0 Å². The Morgan fingerprint density at radius 3 is 2.33 bits per heavy atom. The summed E-state index contributed by atoms with van der Waals surface area (Å²) in [5, 5.41) is 2.50. The average molecular weight is 270 g/mol. The third-order valence-corrected chi connectivity index (χ3v) is 5.00. The molecule has 0 bridgehead atoms. The molecule has 0 unspecified atom stereocenters. The number of rotatable bonds is 3. The lowest BCUT2D eigenvalue weighted by Crippen LogP contribution is -2.35. The van der Waals surface area contributed by atoms with E-state index in [0.717, 1.165) is 0 Å². The highest BCUT2D eigenvalue weighted by atomic mass is 32.2. The van der Waals surface area contributed by atoms with Crippen molar-refractivity contribution in [2.24, 2.45) is 0 Å². The average Bonchev–Trinajstić information content (AvgIpc) is 2.19. The number of anilines is 2. The fourth-order valence-corrected chi connectivity index (χ4v) is 2.04. The maximum atomic E-state index is 11.8. The molecule has 0 aliphatic rings. The summed E-state index contributed by atoms with van der Waals surface area (Å²) < 4.78 is 22.7. The van der Waals surface area contributed by atoms with Gasteiger partial charge < -0.3 is 11.1 Å². The molecule has 0 aliphatic carbocycles. The Kier molecular flexibility index (Phi) is 4.01. The van der Waals surface area contributed by atoms with Crippen LogP contribution in [0.4, 0.5) is 11.4 Å². The van der Waals surface area contributed by atoms with Crippen molar-refractivity contribution in [1.29, 1.82) is 0 Å². The fraction of sp³-hybridized carbons (Fsp3) is 0.417. The van der Waals surface area contributed by atoms with Gasteiger partial charge in [0.2, 0.25) is 5.91 Å². The summed E-state index contributed by atoms with van der Waals surface area (Å²) in [6, 6.07) is 6.70. The molecule has 0 aromatic heterocycles. The molecular formula is C12H18N2O3S. The van der Waals surface area contributed by atoms with Crippen LogP contribution < -0.4 is 11.1 Å². The summed E-state index contributed by atoms with van der Waals surface area (Å²) in [4.78, 5) is 11.7. The predicted octanol–water partition coefficient (Wildman–Crippen LogP) is 1.42. The zero-order chi connectivity index (χ0) is 14.0. The van der Waals surface area contributed by atoms with Gasteiger partial charge in [-0.05, 0) is 32.9 Å². The molecule has 1 rings (SSSR count). The number of hydrogen-bond donors (Lipinski definition) is 2. The first-order valence-corrected chi connectivity index (χ1v) is 7.15. The van der Waals surface area contributed by atoms with Crippen LogP contribution in [-0.2, 0) is 14.6 Å². The summed E-state index contributed by atoms with van der Waals surface area (Å²) >= 11 is 0. The van der Waals surface area contributed by atoms with Crippen LogP contribution >= 0.6 is 0 Å². The summed E-state index contributed by atoms with van der Waals surface area (Å²) in [6.07, 6.45) is 0. The van der Waals surface area contributed by atoms with E-state index >= 15 is 0 Å². The molecule has 18 heavy (non-hydrogen) atoms. The molecule has 0 fully saturated rings. The third kappa shape index (κ3) is 3.46. The van der Waals surface area contributed by atoms with Crippen molar-refractivity contribution in [2.75, 3.05) is 16.8 Å². The fourth-order valence-electron chi connectivity index (χ4n) is 1.19. The van der Waals surface area contributed by atoms with Gasteiger partial charge in [0.15, 0.2) is 9.84 Å². The molecule has 0 radical (unpaired) electrons. The van der Waals surface area contributed by atoms with Crippen molar-refractivity contribution in [3.05, 3.63) is 24.3 Å². The number of benzene rings is 1. The van der Waals surface area contributed by atoms with Gasteiger partial charge >= 0.3 is 0 Å². The van der Waals surface area contributed by atoms with E-state index in [2.05, 4.69) is 5.32 Å². The Bertz CT molecular complexity index is 545. The normalized spacial score (nSPS) is 12.2. The minimum atomic E-state index is -3.48. The first-order chi connectivity index (χ1) is 8.13. The monoisotopic (exact) mass is 270 g/mol. The van der Waals surface area contributed by atoms with Crippen LogP contribution in [0.15, 0.2) is 24.3 Å². The van der Waals surface area contributed by atoms with Gasteiger partial charge in [-0.2, -0.15) is 0 Å². The third-order valence-electron chi connectivity index (χ3n) is 2.49. The number of nitrogens with two attached hydrogens (primary N) is 1. The van der Waals surface area contributed by atoms with Crippen LogP contribution in [-0.4, -0.2) is 24.8 Å². The minimum Gasteiger partial charge on any atom is -0.397 e. The van der Waals surface area contributed by atoms with Crippen molar-refractivity contribution in [1.82, 2.24) is 0 Å². The second-order valence-corrected chi connectivity index (χ2v) is 7.75. The van der Waals surface area contributed by atoms with Crippen molar-refractivity contribution >= 4 is 27.1 Å². The quantitative estimate of drug-likeness (QED) is 0.813. The Hall–Kier alpha value is -1.56. The van der Waals surface area contributed by atoms with Gasteiger partial charge in [0.1, 0.15) is 5.75 Å². The summed E-state index contributed by atoms with van der Waals surface area (Å²) in [6.45, 7) is 4.69. The van der Waals surface area contributed by atoms with E-state index in [4.69, 9.17) is 5.73 Å². The number of nitrogen functional groups attached to an aromatic ring is 1. The number of sulfone groups is 1. The highest BCUT2D eigenvalue weighted by molar-refractivity contribution is 7.93. The maximum Gasteiger partial charge on any atom is 0.239 e. The maximum absolute atomic E-state index is 11.8. The highest BCUT2D eigenvalue weighted by Gasteiger charge is 2.31. The van der Waals surface area contributed by atoms with Crippen molar-refractivity contribution in [2.45, 2.75) is 25.5 Å². The molecule has 1 amide bonds. The second-order valence-electron chi connectivity index (χ2n) is 5.01. The zero-order valence-corrected chi connectivity index (χ0v) is 11.5. The van der Waals surface area contributed by atoms with Gasteiger partial charge in [-0.1, -0.05) is 12.1 Å².